The van der Waals surface area contributed by atoms with Crippen LogP contribution in [0.2, 0.25) is 0 Å². The van der Waals surface area contributed by atoms with Crippen molar-refractivity contribution in [2.45, 2.75) is 348 Å². The highest BCUT2D eigenvalue weighted by Gasteiger charge is 2.19. The van der Waals surface area contributed by atoms with E-state index in [1.54, 1.807) is 0 Å². The molecule has 0 aromatic carbocycles. The Hall–Kier alpha value is -1.59. The summed E-state index contributed by atoms with van der Waals surface area (Å²) in [5.74, 6) is 0.0259. The van der Waals surface area contributed by atoms with Gasteiger partial charge in [0.2, 0.25) is 0 Å². The maximum absolute atomic E-state index is 12.8. The second kappa shape index (κ2) is 54.4. The van der Waals surface area contributed by atoms with E-state index in [1.165, 1.54) is 238 Å². The molecular formula is C60H116O6. The Morgan fingerprint density at radius 2 is 0.500 bits per heavy atom. The summed E-state index contributed by atoms with van der Waals surface area (Å²) in [6.45, 7) is 9.08. The topological polar surface area (TPSA) is 78.9 Å². The molecule has 0 amide bonds. The van der Waals surface area contributed by atoms with Crippen molar-refractivity contribution >= 4 is 17.9 Å². The van der Waals surface area contributed by atoms with Crippen molar-refractivity contribution in [1.82, 2.24) is 0 Å². The zero-order valence-electron chi connectivity index (χ0n) is 45.2. The molecule has 0 heterocycles. The first kappa shape index (κ1) is 64.4. The third-order valence-corrected chi connectivity index (χ3v) is 13.8. The molecule has 0 N–H and O–H groups in total. The average Bonchev–Trinajstić information content (AvgIpc) is 3.30. The number of esters is 3. The minimum atomic E-state index is -0.761. The van der Waals surface area contributed by atoms with E-state index in [4.69, 9.17) is 14.2 Å². The largest absolute Gasteiger partial charge is 0.462 e. The van der Waals surface area contributed by atoms with E-state index < -0.39 is 6.10 Å². The summed E-state index contributed by atoms with van der Waals surface area (Å²) in [4.78, 5) is 38.1. The summed E-state index contributed by atoms with van der Waals surface area (Å²) < 4.78 is 16.9. The third-order valence-electron chi connectivity index (χ3n) is 13.8. The summed E-state index contributed by atoms with van der Waals surface area (Å²) in [7, 11) is 0. The van der Waals surface area contributed by atoms with Crippen molar-refractivity contribution in [2.24, 2.45) is 5.92 Å². The molecule has 0 aromatic heterocycles. The molecule has 66 heavy (non-hydrogen) atoms. The maximum Gasteiger partial charge on any atom is 0.306 e. The van der Waals surface area contributed by atoms with Crippen LogP contribution in [-0.2, 0) is 28.6 Å². The van der Waals surface area contributed by atoms with E-state index in [1.807, 2.05) is 0 Å². The van der Waals surface area contributed by atoms with E-state index >= 15 is 0 Å². The summed E-state index contributed by atoms with van der Waals surface area (Å²) in [5, 5.41) is 0. The van der Waals surface area contributed by atoms with Gasteiger partial charge < -0.3 is 14.2 Å². The van der Waals surface area contributed by atoms with Crippen LogP contribution >= 0.6 is 0 Å². The molecule has 1 atom stereocenters. The van der Waals surface area contributed by atoms with Gasteiger partial charge in [0.05, 0.1) is 0 Å². The lowest BCUT2D eigenvalue weighted by molar-refractivity contribution is -0.167. The third kappa shape index (κ3) is 53.4. The Bertz CT molecular complexity index is 996. The minimum Gasteiger partial charge on any atom is -0.462 e. The van der Waals surface area contributed by atoms with Crippen LogP contribution in [-0.4, -0.2) is 37.2 Å². The van der Waals surface area contributed by atoms with Gasteiger partial charge in [0, 0.05) is 19.3 Å². The number of ether oxygens (including phenoxy) is 3. The molecule has 0 fully saturated rings. The predicted octanol–water partition coefficient (Wildman–Crippen LogP) is 19.8. The first-order valence-corrected chi connectivity index (χ1v) is 29.9. The molecule has 0 saturated heterocycles. The highest BCUT2D eigenvalue weighted by atomic mass is 16.6. The maximum atomic E-state index is 12.8. The molecule has 0 unspecified atom stereocenters. The molecule has 392 valence electrons. The van der Waals surface area contributed by atoms with E-state index in [-0.39, 0.29) is 31.1 Å². The summed E-state index contributed by atoms with van der Waals surface area (Å²) in [6, 6.07) is 0. The highest BCUT2D eigenvalue weighted by molar-refractivity contribution is 5.71. The first-order chi connectivity index (χ1) is 32.4. The van der Waals surface area contributed by atoms with Gasteiger partial charge in [-0.05, 0) is 25.2 Å². The van der Waals surface area contributed by atoms with Crippen molar-refractivity contribution in [2.75, 3.05) is 13.2 Å². The van der Waals surface area contributed by atoms with Gasteiger partial charge in [0.1, 0.15) is 13.2 Å². The SMILES string of the molecule is CCCCCCCCCCCCCCCCCC(=O)OC[C@@H](COC(=O)CCCCCCCCCCCCCCCCCCCCC(C)C)OC(=O)CCCCCCCCCCCCCC. The number of hydrogen-bond acceptors (Lipinski definition) is 6. The fraction of sp³-hybridized carbons (Fsp3) is 0.950. The normalized spacial score (nSPS) is 12.0. The highest BCUT2D eigenvalue weighted by Crippen LogP contribution is 2.18. The summed E-state index contributed by atoms with van der Waals surface area (Å²) in [5.41, 5.74) is 0. The lowest BCUT2D eigenvalue weighted by Gasteiger charge is -2.18. The van der Waals surface area contributed by atoms with Gasteiger partial charge in [-0.2, -0.15) is 0 Å². The molecule has 0 bridgehead atoms. The smallest absolute Gasteiger partial charge is 0.306 e. The monoisotopic (exact) mass is 933 g/mol. The van der Waals surface area contributed by atoms with Gasteiger partial charge in [-0.1, -0.05) is 304 Å². The predicted molar refractivity (Wildman–Crippen MR) is 284 cm³/mol. The van der Waals surface area contributed by atoms with Crippen LogP contribution in [0.15, 0.2) is 0 Å². The average molecular weight is 934 g/mol. The fourth-order valence-corrected chi connectivity index (χ4v) is 9.28. The zero-order chi connectivity index (χ0) is 48.1. The van der Waals surface area contributed by atoms with Crippen LogP contribution in [0.25, 0.3) is 0 Å². The number of carbonyl (C=O) groups is 3. The summed E-state index contributed by atoms with van der Waals surface area (Å²) >= 11 is 0. The molecule has 0 radical (unpaired) electrons. The van der Waals surface area contributed by atoms with Crippen molar-refractivity contribution in [3.63, 3.8) is 0 Å². The standard InChI is InChI=1S/C60H116O6/c1-5-7-9-11-13-15-17-19-24-28-32-35-39-43-47-51-58(61)64-54-57(66-60(63)53-49-45-41-37-31-18-16-14-12-10-8-6-2)55-65-59(62)52-48-44-40-36-33-29-26-23-21-20-22-25-27-30-34-38-42-46-50-56(3)4/h56-57H,5-55H2,1-4H3/t57-/m0/s1. The van der Waals surface area contributed by atoms with Crippen molar-refractivity contribution < 1.29 is 28.6 Å². The second-order valence-corrected chi connectivity index (χ2v) is 21.1. The van der Waals surface area contributed by atoms with E-state index in [2.05, 4.69) is 27.7 Å². The van der Waals surface area contributed by atoms with Crippen molar-refractivity contribution in [3.8, 4) is 0 Å². The van der Waals surface area contributed by atoms with Gasteiger partial charge in [-0.25, -0.2) is 0 Å². The molecule has 0 aliphatic carbocycles. The first-order valence-electron chi connectivity index (χ1n) is 29.9. The van der Waals surface area contributed by atoms with Crippen molar-refractivity contribution in [1.29, 1.82) is 0 Å². The van der Waals surface area contributed by atoms with Gasteiger partial charge >= 0.3 is 17.9 Å². The zero-order valence-corrected chi connectivity index (χ0v) is 45.2. The minimum absolute atomic E-state index is 0.0616. The van der Waals surface area contributed by atoms with Crippen LogP contribution in [0.1, 0.15) is 342 Å². The number of carbonyl (C=O) groups excluding carboxylic acids is 3. The lowest BCUT2D eigenvalue weighted by Crippen LogP contribution is -2.30. The Labute approximate surface area is 412 Å². The van der Waals surface area contributed by atoms with Crippen molar-refractivity contribution in [3.05, 3.63) is 0 Å². The second-order valence-electron chi connectivity index (χ2n) is 21.1. The molecule has 0 aliphatic rings. The Balaban J connectivity index is 4.22. The van der Waals surface area contributed by atoms with Gasteiger partial charge in [0.15, 0.2) is 6.10 Å². The quantitative estimate of drug-likeness (QED) is 0.0343. The van der Waals surface area contributed by atoms with Gasteiger partial charge in [0.25, 0.3) is 0 Å². The fourth-order valence-electron chi connectivity index (χ4n) is 9.28. The molecule has 6 nitrogen and oxygen atoms in total. The van der Waals surface area contributed by atoms with Crippen LogP contribution in [0, 0.1) is 5.92 Å². The molecule has 0 rings (SSSR count). The summed E-state index contributed by atoms with van der Waals surface area (Å²) in [6.07, 6.45) is 59.5. The Morgan fingerprint density at radius 3 is 0.742 bits per heavy atom. The van der Waals surface area contributed by atoms with E-state index in [9.17, 15) is 14.4 Å². The molecular weight excluding hydrogens is 817 g/mol. The van der Waals surface area contributed by atoms with Crippen LogP contribution in [0.4, 0.5) is 0 Å². The molecule has 0 aliphatic heterocycles. The van der Waals surface area contributed by atoms with Gasteiger partial charge in [-0.3, -0.25) is 14.4 Å². The molecule has 0 saturated carbocycles. The Kier molecular flexibility index (Phi) is 53.0. The van der Waals surface area contributed by atoms with E-state index in [0.29, 0.717) is 19.3 Å². The number of unbranched alkanes of at least 4 members (excludes halogenated alkanes) is 42. The number of rotatable bonds is 55. The number of hydrogen-bond donors (Lipinski definition) is 0. The van der Waals surface area contributed by atoms with Gasteiger partial charge in [-0.15, -0.1) is 0 Å². The van der Waals surface area contributed by atoms with Crippen LogP contribution in [0.5, 0.6) is 0 Å². The molecule has 6 heteroatoms. The molecule has 0 aromatic rings. The molecule has 0 spiro atoms. The lowest BCUT2D eigenvalue weighted by atomic mass is 10.0. The Morgan fingerprint density at radius 1 is 0.288 bits per heavy atom. The van der Waals surface area contributed by atoms with Crippen LogP contribution in [0.3, 0.4) is 0 Å². The van der Waals surface area contributed by atoms with E-state index in [0.717, 1.165) is 63.7 Å². The van der Waals surface area contributed by atoms with Crippen LogP contribution < -0.4 is 0 Å².